The zero-order chi connectivity index (χ0) is 18.9. The van der Waals surface area contributed by atoms with Crippen LogP contribution in [-0.2, 0) is 11.4 Å². The molecule has 140 valence electrons. The van der Waals surface area contributed by atoms with Crippen molar-refractivity contribution in [1.82, 2.24) is 9.88 Å². The zero-order valence-corrected chi connectivity index (χ0v) is 15.6. The molecule has 7 heteroatoms. The van der Waals surface area contributed by atoms with E-state index in [-0.39, 0.29) is 0 Å². The van der Waals surface area contributed by atoms with E-state index in [0.717, 1.165) is 21.2 Å². The highest BCUT2D eigenvalue weighted by molar-refractivity contribution is 7.09. The molecule has 0 saturated carbocycles. The van der Waals surface area contributed by atoms with Gasteiger partial charge in [0.25, 0.3) is 6.43 Å². The summed E-state index contributed by atoms with van der Waals surface area (Å²) in [7, 11) is 0. The highest BCUT2D eigenvalue weighted by atomic mass is 32.1. The quantitative estimate of drug-likeness (QED) is 0.600. The molecule has 0 N–H and O–H groups in total. The lowest BCUT2D eigenvalue weighted by Gasteiger charge is -2.19. The lowest BCUT2D eigenvalue weighted by atomic mass is 10.2. The molecule has 0 aliphatic carbocycles. The van der Waals surface area contributed by atoms with Crippen LogP contribution in [0, 0.1) is 6.92 Å². The molecule has 4 nitrogen and oxygen atoms in total. The van der Waals surface area contributed by atoms with Crippen LogP contribution in [0.4, 0.5) is 8.78 Å². The van der Waals surface area contributed by atoms with Gasteiger partial charge in [0.2, 0.25) is 5.91 Å². The number of carbonyl (C=O) groups is 1. The molecule has 26 heavy (non-hydrogen) atoms. The van der Waals surface area contributed by atoms with Crippen LogP contribution in [0.2, 0.25) is 0 Å². The van der Waals surface area contributed by atoms with Gasteiger partial charge in [-0.3, -0.25) is 4.79 Å². The normalized spacial score (nSPS) is 11.3. The average Bonchev–Trinajstić information content (AvgIpc) is 3.03. The van der Waals surface area contributed by atoms with Crippen LogP contribution in [0.25, 0.3) is 6.08 Å². The van der Waals surface area contributed by atoms with Gasteiger partial charge >= 0.3 is 0 Å². The maximum atomic E-state index is 12.6. The van der Waals surface area contributed by atoms with Crippen molar-refractivity contribution in [2.45, 2.75) is 33.3 Å². The molecule has 0 radical (unpaired) electrons. The molecule has 0 bridgehead atoms. The van der Waals surface area contributed by atoms with Crippen LogP contribution < -0.4 is 4.74 Å². The van der Waals surface area contributed by atoms with E-state index in [9.17, 15) is 13.6 Å². The smallest absolute Gasteiger partial charge is 0.255 e. The molecule has 0 fully saturated rings. The van der Waals surface area contributed by atoms with Crippen LogP contribution in [0.15, 0.2) is 35.7 Å². The first kappa shape index (κ1) is 20.0. The first-order valence-electron chi connectivity index (χ1n) is 8.37. The SMILES string of the molecule is CCCN(CC(F)F)C(=O)/C=C/c1cccc(OCc2csc(C)n2)c1. The summed E-state index contributed by atoms with van der Waals surface area (Å²) in [6, 6.07) is 7.24. The molecule has 0 unspecified atom stereocenters. The van der Waals surface area contributed by atoms with Gasteiger partial charge in [-0.15, -0.1) is 11.3 Å². The van der Waals surface area contributed by atoms with Gasteiger partial charge in [0, 0.05) is 18.0 Å². The zero-order valence-electron chi connectivity index (χ0n) is 14.8. The number of benzene rings is 1. The number of hydrogen-bond donors (Lipinski definition) is 0. The summed E-state index contributed by atoms with van der Waals surface area (Å²) in [5.41, 5.74) is 1.63. The predicted molar refractivity (Wildman–Crippen MR) is 99.5 cm³/mol. The maximum absolute atomic E-state index is 12.6. The van der Waals surface area contributed by atoms with Crippen molar-refractivity contribution in [1.29, 1.82) is 0 Å². The molecule has 0 saturated heterocycles. The summed E-state index contributed by atoms with van der Waals surface area (Å²) < 4.78 is 30.9. The van der Waals surface area contributed by atoms with Gasteiger partial charge in [0.15, 0.2) is 0 Å². The van der Waals surface area contributed by atoms with Crippen LogP contribution in [0.5, 0.6) is 5.75 Å². The van der Waals surface area contributed by atoms with Crippen LogP contribution >= 0.6 is 11.3 Å². The Morgan fingerprint density at radius 2 is 2.23 bits per heavy atom. The van der Waals surface area contributed by atoms with Gasteiger partial charge in [0.1, 0.15) is 12.4 Å². The third kappa shape index (κ3) is 6.55. The molecule has 0 spiro atoms. The Kier molecular flexibility index (Phi) is 7.72. The summed E-state index contributed by atoms with van der Waals surface area (Å²) in [5, 5.41) is 2.93. The summed E-state index contributed by atoms with van der Waals surface area (Å²) in [5.74, 6) is 0.236. The number of rotatable bonds is 9. The van der Waals surface area contributed by atoms with Crippen molar-refractivity contribution in [2.75, 3.05) is 13.1 Å². The summed E-state index contributed by atoms with van der Waals surface area (Å²) >= 11 is 1.57. The summed E-state index contributed by atoms with van der Waals surface area (Å²) in [6.45, 7) is 3.92. The minimum Gasteiger partial charge on any atom is -0.487 e. The van der Waals surface area contributed by atoms with Crippen molar-refractivity contribution >= 4 is 23.3 Å². The number of ether oxygens (including phenoxy) is 1. The van der Waals surface area contributed by atoms with Gasteiger partial charge in [-0.1, -0.05) is 19.1 Å². The van der Waals surface area contributed by atoms with Crippen LogP contribution in [0.3, 0.4) is 0 Å². The molecule has 1 amide bonds. The molecule has 2 aromatic rings. The second kappa shape index (κ2) is 10.0. The van der Waals surface area contributed by atoms with E-state index < -0.39 is 18.9 Å². The second-order valence-corrected chi connectivity index (χ2v) is 6.79. The Labute approximate surface area is 156 Å². The molecule has 0 atom stereocenters. The molecular formula is C19H22F2N2O2S. The standard InChI is InChI=1S/C19H22F2N2O2S/c1-3-9-23(11-18(20)21)19(24)8-7-15-5-4-6-17(10-15)25-12-16-13-26-14(2)22-16/h4-8,10,13,18H,3,9,11-12H2,1-2H3/b8-7+. The number of halogens is 2. The number of carbonyl (C=O) groups excluding carboxylic acids is 1. The molecule has 1 heterocycles. The number of alkyl halides is 2. The van der Waals surface area contributed by atoms with Crippen LogP contribution in [-0.4, -0.2) is 35.3 Å². The van der Waals surface area contributed by atoms with E-state index in [4.69, 9.17) is 4.74 Å². The molecule has 1 aromatic heterocycles. The topological polar surface area (TPSA) is 42.4 Å². The fraction of sp³-hybridized carbons (Fsp3) is 0.368. The molecule has 0 aliphatic heterocycles. The van der Waals surface area contributed by atoms with E-state index in [1.165, 1.54) is 6.08 Å². The van der Waals surface area contributed by atoms with Gasteiger partial charge in [-0.05, 0) is 37.1 Å². The molecule has 1 aromatic carbocycles. The van der Waals surface area contributed by atoms with E-state index in [1.807, 2.05) is 37.4 Å². The fourth-order valence-corrected chi connectivity index (χ4v) is 2.94. The maximum Gasteiger partial charge on any atom is 0.255 e. The predicted octanol–water partition coefficient (Wildman–Crippen LogP) is 4.55. The van der Waals surface area contributed by atoms with Gasteiger partial charge in [0.05, 0.1) is 17.2 Å². The van der Waals surface area contributed by atoms with Crippen molar-refractivity contribution in [3.8, 4) is 5.75 Å². The van der Waals surface area contributed by atoms with Gasteiger partial charge < -0.3 is 9.64 Å². The monoisotopic (exact) mass is 380 g/mol. The Morgan fingerprint density at radius 3 is 2.88 bits per heavy atom. The summed E-state index contributed by atoms with van der Waals surface area (Å²) in [6.07, 6.45) is 1.02. The molecule has 0 aliphatic rings. The number of aromatic nitrogens is 1. The van der Waals surface area contributed by atoms with E-state index in [0.29, 0.717) is 25.3 Å². The van der Waals surface area contributed by atoms with E-state index in [1.54, 1.807) is 23.5 Å². The Morgan fingerprint density at radius 1 is 1.42 bits per heavy atom. The second-order valence-electron chi connectivity index (χ2n) is 5.73. The first-order chi connectivity index (χ1) is 12.5. The Balaban J connectivity index is 1.97. The van der Waals surface area contributed by atoms with Gasteiger partial charge in [-0.25, -0.2) is 13.8 Å². The number of amides is 1. The largest absolute Gasteiger partial charge is 0.487 e. The third-order valence-electron chi connectivity index (χ3n) is 3.49. The average molecular weight is 380 g/mol. The minimum atomic E-state index is -2.54. The van der Waals surface area contributed by atoms with Crippen LogP contribution in [0.1, 0.15) is 29.6 Å². The van der Waals surface area contributed by atoms with Crippen molar-refractivity contribution < 1.29 is 18.3 Å². The summed E-state index contributed by atoms with van der Waals surface area (Å²) in [4.78, 5) is 17.6. The van der Waals surface area contributed by atoms with E-state index in [2.05, 4.69) is 4.98 Å². The lowest BCUT2D eigenvalue weighted by molar-refractivity contribution is -0.127. The molecular weight excluding hydrogens is 358 g/mol. The van der Waals surface area contributed by atoms with Crippen molar-refractivity contribution in [3.05, 3.63) is 52.0 Å². The number of thiazole rings is 1. The van der Waals surface area contributed by atoms with Crippen molar-refractivity contribution in [3.63, 3.8) is 0 Å². The lowest BCUT2D eigenvalue weighted by Crippen LogP contribution is -2.34. The van der Waals surface area contributed by atoms with Crippen molar-refractivity contribution in [2.24, 2.45) is 0 Å². The van der Waals surface area contributed by atoms with E-state index >= 15 is 0 Å². The van der Waals surface area contributed by atoms with Gasteiger partial charge in [-0.2, -0.15) is 0 Å². The Hall–Kier alpha value is -2.28. The highest BCUT2D eigenvalue weighted by Gasteiger charge is 2.15. The number of hydrogen-bond acceptors (Lipinski definition) is 4. The fourth-order valence-electron chi connectivity index (χ4n) is 2.34. The highest BCUT2D eigenvalue weighted by Crippen LogP contribution is 2.17. The first-order valence-corrected chi connectivity index (χ1v) is 9.25. The molecule has 2 rings (SSSR count). The Bertz CT molecular complexity index is 747. The minimum absolute atomic E-state index is 0.309. The third-order valence-corrected chi connectivity index (χ3v) is 4.32. The number of nitrogens with zero attached hydrogens (tertiary/aromatic N) is 2. The number of aryl methyl sites for hydroxylation is 1.